The molecule has 55 heavy (non-hydrogen) atoms. The fourth-order valence-corrected chi connectivity index (χ4v) is 13.1. The Hall–Kier alpha value is -1.94. The molecule has 0 bridgehead atoms. The Bertz CT molecular complexity index is 1610. The van der Waals surface area contributed by atoms with Crippen molar-refractivity contribution in [1.82, 2.24) is 4.90 Å². The molecule has 2 aliphatic heterocycles. The van der Waals surface area contributed by atoms with Crippen LogP contribution in [0.4, 0.5) is 0 Å². The first-order valence-corrected chi connectivity index (χ1v) is 23.6. The number of ether oxygens (including phenoxy) is 2. The molecule has 5 fully saturated rings. The van der Waals surface area contributed by atoms with Gasteiger partial charge in [0, 0.05) is 64.5 Å². The molecular weight excluding hydrogens is 791 g/mol. The quantitative estimate of drug-likeness (QED) is 0.118. The van der Waals surface area contributed by atoms with Crippen LogP contribution >= 0.6 is 22.6 Å². The lowest BCUT2D eigenvalue weighted by Gasteiger charge is -2.36. The molecule has 7 heteroatoms. The second kappa shape index (κ2) is 18.3. The van der Waals surface area contributed by atoms with Crippen LogP contribution in [0.3, 0.4) is 0 Å². The van der Waals surface area contributed by atoms with E-state index in [0.717, 1.165) is 77.7 Å². The van der Waals surface area contributed by atoms with Crippen LogP contribution in [0, 0.1) is 46.5 Å². The maximum Gasteiger partial charge on any atom is 0.224 e. The largest absolute Gasteiger partial charge is 0.376 e. The van der Waals surface area contributed by atoms with Crippen molar-refractivity contribution < 1.29 is 14.0 Å². The monoisotopic (exact) mass is 861 g/mol. The Morgan fingerprint density at radius 1 is 0.818 bits per heavy atom. The molecule has 6 nitrogen and oxygen atoms in total. The highest BCUT2D eigenvalue weighted by molar-refractivity contribution is 14.1. The summed E-state index contributed by atoms with van der Waals surface area (Å²) in [7, 11) is 0. The Morgan fingerprint density at radius 2 is 1.53 bits per heavy atom. The topological polar surface area (TPSA) is 52.9 Å². The zero-order valence-corrected chi connectivity index (χ0v) is 36.8. The number of rotatable bonds is 11. The van der Waals surface area contributed by atoms with Crippen molar-refractivity contribution >= 4 is 28.3 Å². The van der Waals surface area contributed by atoms with E-state index in [0.29, 0.717) is 36.1 Å². The van der Waals surface area contributed by atoms with Crippen LogP contribution in [-0.4, -0.2) is 71.8 Å². The maximum atomic E-state index is 9.90. The molecule has 4 saturated carbocycles. The van der Waals surface area contributed by atoms with E-state index >= 15 is 0 Å². The average Bonchev–Trinajstić information content (AvgIpc) is 3.54. The van der Waals surface area contributed by atoms with E-state index in [-0.39, 0.29) is 22.8 Å². The second-order valence-electron chi connectivity index (χ2n) is 19.3. The molecule has 0 N–H and O–H groups in total. The van der Waals surface area contributed by atoms with Crippen molar-refractivity contribution in [2.24, 2.45) is 28.6 Å². The molecule has 0 amide bonds. The van der Waals surface area contributed by atoms with Gasteiger partial charge in [0.15, 0.2) is 18.3 Å². The summed E-state index contributed by atoms with van der Waals surface area (Å²) in [5, 5.41) is 9.90. The zero-order chi connectivity index (χ0) is 38.6. The van der Waals surface area contributed by atoms with Gasteiger partial charge >= 0.3 is 0 Å². The van der Waals surface area contributed by atoms with Gasteiger partial charge in [-0.2, -0.15) is 5.26 Å². The van der Waals surface area contributed by atoms with Crippen molar-refractivity contribution in [2.45, 2.75) is 180 Å². The molecule has 0 spiro atoms. The first-order chi connectivity index (χ1) is 26.6. The Balaban J connectivity index is 1.13. The summed E-state index contributed by atoms with van der Waals surface area (Å²) >= 11 is 2.64. The predicted molar refractivity (Wildman–Crippen MR) is 232 cm³/mol. The molecule has 0 aromatic carbocycles. The van der Waals surface area contributed by atoms with E-state index in [1.165, 1.54) is 96.8 Å². The Labute approximate surface area is 347 Å². The minimum atomic E-state index is 0.0204. The third-order valence-electron chi connectivity index (χ3n) is 15.4. The number of fused-ring (bicyclic) bond motifs is 2. The highest BCUT2D eigenvalue weighted by atomic mass is 127. The number of nitrogens with zero attached hydrogens (tertiary/aromatic N) is 4. The first-order valence-electron chi connectivity index (χ1n) is 22.5. The van der Waals surface area contributed by atoms with Crippen LogP contribution in [-0.2, 0) is 9.47 Å². The lowest BCUT2D eigenvalue weighted by atomic mass is 9.68. The van der Waals surface area contributed by atoms with Gasteiger partial charge in [-0.05, 0) is 124 Å². The fraction of sp³-hybridized carbons (Fsp3) is 0.771. The van der Waals surface area contributed by atoms with Gasteiger partial charge in [-0.15, -0.1) is 0 Å². The third-order valence-corrected chi connectivity index (χ3v) is 16.8. The molecule has 2 heterocycles. The summed E-state index contributed by atoms with van der Waals surface area (Å²) in [6, 6.07) is 3.80. The molecule has 6 unspecified atom stereocenters. The van der Waals surface area contributed by atoms with Crippen molar-refractivity contribution in [1.29, 1.82) is 5.26 Å². The fourth-order valence-electron chi connectivity index (χ4n) is 12.2. The summed E-state index contributed by atoms with van der Waals surface area (Å²) in [6.07, 6.45) is 33.2. The molecule has 7 rings (SSSR count). The molecular formula is C48H70IN4O2+. The number of hydrogen-bond donors (Lipinski definition) is 0. The maximum absolute atomic E-state index is 9.90. The summed E-state index contributed by atoms with van der Waals surface area (Å²) in [6.45, 7) is 21.1. The second-order valence-corrected chi connectivity index (χ2v) is 20.4. The highest BCUT2D eigenvalue weighted by Gasteiger charge is 2.57. The normalized spacial score (nSPS) is 34.3. The lowest BCUT2D eigenvalue weighted by molar-refractivity contribution is -0.569. The summed E-state index contributed by atoms with van der Waals surface area (Å²) in [4.78, 5) is 6.75. The predicted octanol–water partition coefficient (Wildman–Crippen LogP) is 11.5. The summed E-state index contributed by atoms with van der Waals surface area (Å²) in [5.41, 5.74) is 5.86. The molecule has 0 aromatic rings. The van der Waals surface area contributed by atoms with Crippen molar-refractivity contribution in [2.75, 3.05) is 26.3 Å². The first kappa shape index (κ1) is 41.2. The molecule has 0 aromatic heterocycles. The minimum absolute atomic E-state index is 0.0204. The molecule has 0 radical (unpaired) electrons. The standard InChI is InChI=1S/C48H70IN4O2/c1-47(2)40-31-34(33-50)19-23-42(40)52(27-29-54-38-15-8-6-9-16-38)44(47)25-20-35-13-12-14-36(46(35)49)21-26-45-48(3,4)41-32-37(51-5)22-24-43(41)53(45)28-30-55-39-17-10-7-11-18-39/h20-21,25-26,34,37-43H,6-19,22-24,27-32H2,1-4H3/q+1. The number of likely N-dealkylation sites (tertiary alicyclic amines) is 1. The van der Waals surface area contributed by atoms with Crippen LogP contribution < -0.4 is 0 Å². The molecule has 7 aliphatic rings. The van der Waals surface area contributed by atoms with E-state index < -0.39 is 0 Å². The van der Waals surface area contributed by atoms with Gasteiger partial charge in [-0.3, -0.25) is 0 Å². The van der Waals surface area contributed by atoms with Gasteiger partial charge in [0.1, 0.15) is 6.61 Å². The van der Waals surface area contributed by atoms with Gasteiger partial charge in [-0.1, -0.05) is 64.5 Å². The molecule has 5 aliphatic carbocycles. The number of nitriles is 1. The van der Waals surface area contributed by atoms with Crippen molar-refractivity contribution in [3.63, 3.8) is 0 Å². The molecule has 300 valence electrons. The Morgan fingerprint density at radius 3 is 2.22 bits per heavy atom. The highest BCUT2D eigenvalue weighted by Crippen LogP contribution is 2.54. The van der Waals surface area contributed by atoms with Crippen molar-refractivity contribution in [3.05, 3.63) is 56.1 Å². The van der Waals surface area contributed by atoms with Gasteiger partial charge in [0.25, 0.3) is 0 Å². The van der Waals surface area contributed by atoms with Gasteiger partial charge in [0.05, 0.1) is 30.3 Å². The molecule has 6 atom stereocenters. The van der Waals surface area contributed by atoms with Crippen LogP contribution in [0.25, 0.3) is 4.85 Å². The smallest absolute Gasteiger partial charge is 0.224 e. The Kier molecular flexibility index (Phi) is 13.7. The van der Waals surface area contributed by atoms with Crippen molar-refractivity contribution in [3.8, 4) is 6.07 Å². The number of halogens is 1. The van der Waals surface area contributed by atoms with Gasteiger partial charge in [-0.25, -0.2) is 11.1 Å². The van der Waals surface area contributed by atoms with Gasteiger partial charge in [0.2, 0.25) is 6.04 Å². The average molecular weight is 862 g/mol. The van der Waals surface area contributed by atoms with E-state index in [1.807, 2.05) is 0 Å². The SMILES string of the molecule is [C-]#[N+]C1CCC2C(C1)C(C)(C)C(/C=C/C1=C(I)C(=C/C=C3/N(CCOC4CCCCC4)C4CCC(C#N)CC4C3(C)C)/CCC1)=[N+]2CCOC1CCCCC1. The lowest BCUT2D eigenvalue weighted by Crippen LogP contribution is -2.39. The van der Waals surface area contributed by atoms with Crippen LogP contribution in [0.1, 0.15) is 150 Å². The number of hydrogen-bond acceptors (Lipinski definition) is 4. The summed E-state index contributed by atoms with van der Waals surface area (Å²) in [5.74, 6) is 1.19. The summed E-state index contributed by atoms with van der Waals surface area (Å²) < 4.78 is 17.2. The molecule has 1 saturated heterocycles. The van der Waals surface area contributed by atoms with E-state index in [1.54, 1.807) is 0 Å². The van der Waals surface area contributed by atoms with Crippen LogP contribution in [0.2, 0.25) is 0 Å². The number of allylic oxidation sites excluding steroid dienone is 8. The van der Waals surface area contributed by atoms with E-state index in [4.69, 9.17) is 16.0 Å². The van der Waals surface area contributed by atoms with Crippen LogP contribution in [0.5, 0.6) is 0 Å². The van der Waals surface area contributed by atoms with E-state index in [2.05, 4.69) is 95.0 Å². The van der Waals surface area contributed by atoms with Gasteiger partial charge < -0.3 is 19.2 Å². The third kappa shape index (κ3) is 9.05. The van der Waals surface area contributed by atoms with Crippen LogP contribution in [0.15, 0.2) is 44.7 Å². The zero-order valence-electron chi connectivity index (χ0n) is 34.7. The minimum Gasteiger partial charge on any atom is -0.376 e. The van der Waals surface area contributed by atoms with E-state index in [9.17, 15) is 5.26 Å².